The molecule has 0 bridgehead atoms. The number of aromatic nitrogens is 4. The summed E-state index contributed by atoms with van der Waals surface area (Å²) in [5.41, 5.74) is 0.790. The SMILES string of the molecule is C[C@@H](c1ccc(C(C)(F)F)cc1)n1nc(CO)c2c(=O)[nH]c(N(C)C)nc21. The monoisotopic (exact) mass is 377 g/mol. The van der Waals surface area contributed by atoms with Crippen LogP contribution in [0.4, 0.5) is 14.7 Å². The molecule has 0 saturated carbocycles. The van der Waals surface area contributed by atoms with Crippen molar-refractivity contribution in [3.8, 4) is 0 Å². The molecule has 0 aliphatic heterocycles. The zero-order valence-electron chi connectivity index (χ0n) is 15.5. The average molecular weight is 377 g/mol. The van der Waals surface area contributed by atoms with E-state index in [2.05, 4.69) is 15.1 Å². The van der Waals surface area contributed by atoms with E-state index in [4.69, 9.17) is 0 Å². The first-order valence-corrected chi connectivity index (χ1v) is 8.41. The van der Waals surface area contributed by atoms with E-state index >= 15 is 0 Å². The quantitative estimate of drug-likeness (QED) is 0.713. The first-order valence-electron chi connectivity index (χ1n) is 8.41. The lowest BCUT2D eigenvalue weighted by atomic mass is 10.0. The van der Waals surface area contributed by atoms with Crippen molar-refractivity contribution >= 4 is 17.0 Å². The van der Waals surface area contributed by atoms with Crippen molar-refractivity contribution in [3.63, 3.8) is 0 Å². The van der Waals surface area contributed by atoms with Gasteiger partial charge in [0.25, 0.3) is 11.5 Å². The van der Waals surface area contributed by atoms with Crippen LogP contribution in [0, 0.1) is 0 Å². The van der Waals surface area contributed by atoms with E-state index < -0.39 is 18.1 Å². The number of nitrogens with zero attached hydrogens (tertiary/aromatic N) is 4. The molecular weight excluding hydrogens is 356 g/mol. The van der Waals surface area contributed by atoms with Crippen molar-refractivity contribution in [1.29, 1.82) is 0 Å². The smallest absolute Gasteiger partial charge is 0.270 e. The number of rotatable bonds is 5. The number of nitrogens with one attached hydrogen (secondary N) is 1. The van der Waals surface area contributed by atoms with Gasteiger partial charge >= 0.3 is 0 Å². The van der Waals surface area contributed by atoms with E-state index in [9.17, 15) is 18.7 Å². The molecular formula is C18H21F2N5O2. The van der Waals surface area contributed by atoms with Crippen LogP contribution in [0.25, 0.3) is 11.0 Å². The van der Waals surface area contributed by atoms with E-state index in [1.54, 1.807) is 31.1 Å². The van der Waals surface area contributed by atoms with Gasteiger partial charge in [-0.25, -0.2) is 13.5 Å². The number of hydrogen-bond donors (Lipinski definition) is 2. The van der Waals surface area contributed by atoms with Crippen molar-refractivity contribution in [1.82, 2.24) is 19.7 Å². The molecule has 0 radical (unpaired) electrons. The lowest BCUT2D eigenvalue weighted by Crippen LogP contribution is -2.20. The molecule has 2 N–H and O–H groups in total. The van der Waals surface area contributed by atoms with Crippen molar-refractivity contribution in [2.75, 3.05) is 19.0 Å². The maximum Gasteiger partial charge on any atom is 0.270 e. The van der Waals surface area contributed by atoms with E-state index in [1.165, 1.54) is 16.8 Å². The summed E-state index contributed by atoms with van der Waals surface area (Å²) in [5.74, 6) is -2.56. The highest BCUT2D eigenvalue weighted by Crippen LogP contribution is 2.29. The normalized spacial score (nSPS) is 13.1. The molecule has 27 heavy (non-hydrogen) atoms. The van der Waals surface area contributed by atoms with Gasteiger partial charge in [0, 0.05) is 26.6 Å². The molecule has 3 aromatic rings. The largest absolute Gasteiger partial charge is 0.390 e. The van der Waals surface area contributed by atoms with E-state index in [1.807, 2.05) is 6.92 Å². The van der Waals surface area contributed by atoms with Crippen molar-refractivity contribution in [3.05, 3.63) is 51.4 Å². The number of H-pyrrole nitrogens is 1. The van der Waals surface area contributed by atoms with Crippen LogP contribution in [0.15, 0.2) is 29.1 Å². The van der Waals surface area contributed by atoms with Crippen molar-refractivity contribution in [2.24, 2.45) is 0 Å². The number of aliphatic hydroxyl groups is 1. The van der Waals surface area contributed by atoms with Crippen molar-refractivity contribution in [2.45, 2.75) is 32.4 Å². The molecule has 0 spiro atoms. The zero-order chi connectivity index (χ0) is 19.9. The van der Waals surface area contributed by atoms with Crippen LogP contribution < -0.4 is 10.5 Å². The third-order valence-corrected chi connectivity index (χ3v) is 4.46. The van der Waals surface area contributed by atoms with E-state index in [0.29, 0.717) is 11.6 Å². The summed E-state index contributed by atoms with van der Waals surface area (Å²) in [6.07, 6.45) is 0. The van der Waals surface area contributed by atoms with Crippen LogP contribution in [-0.4, -0.2) is 39.0 Å². The Kier molecular flexibility index (Phi) is 4.73. The minimum Gasteiger partial charge on any atom is -0.390 e. The summed E-state index contributed by atoms with van der Waals surface area (Å²) < 4.78 is 28.4. The number of anilines is 1. The van der Waals surface area contributed by atoms with Gasteiger partial charge in [-0.05, 0) is 12.5 Å². The lowest BCUT2D eigenvalue weighted by Gasteiger charge is -2.16. The number of fused-ring (bicyclic) bond motifs is 1. The molecule has 0 unspecified atom stereocenters. The summed E-state index contributed by atoms with van der Waals surface area (Å²) in [6.45, 7) is 2.26. The Labute approximate surface area is 154 Å². The second-order valence-electron chi connectivity index (χ2n) is 6.72. The number of benzene rings is 1. The first-order chi connectivity index (χ1) is 12.6. The Bertz CT molecular complexity index is 1020. The molecule has 9 heteroatoms. The second kappa shape index (κ2) is 6.73. The maximum atomic E-state index is 13.4. The van der Waals surface area contributed by atoms with Gasteiger partial charge in [-0.2, -0.15) is 10.1 Å². The third-order valence-electron chi connectivity index (χ3n) is 4.46. The molecule has 2 heterocycles. The van der Waals surface area contributed by atoms with Crippen LogP contribution in [0.2, 0.25) is 0 Å². The fraction of sp³-hybridized carbons (Fsp3) is 0.389. The Morgan fingerprint density at radius 1 is 1.30 bits per heavy atom. The summed E-state index contributed by atoms with van der Waals surface area (Å²) >= 11 is 0. The summed E-state index contributed by atoms with van der Waals surface area (Å²) in [6, 6.07) is 5.57. The van der Waals surface area contributed by atoms with Crippen LogP contribution in [-0.2, 0) is 12.5 Å². The lowest BCUT2D eigenvalue weighted by molar-refractivity contribution is 0.0174. The molecule has 2 aromatic heterocycles. The molecule has 144 valence electrons. The van der Waals surface area contributed by atoms with Crippen LogP contribution in [0.3, 0.4) is 0 Å². The summed E-state index contributed by atoms with van der Waals surface area (Å²) in [5, 5.41) is 14.1. The second-order valence-corrected chi connectivity index (χ2v) is 6.72. The number of halogens is 2. The van der Waals surface area contributed by atoms with Gasteiger partial charge in [-0.15, -0.1) is 0 Å². The Morgan fingerprint density at radius 2 is 1.93 bits per heavy atom. The van der Waals surface area contributed by atoms with Crippen LogP contribution in [0.1, 0.15) is 36.7 Å². The first kappa shape index (κ1) is 19.0. The van der Waals surface area contributed by atoms with E-state index in [0.717, 1.165) is 12.5 Å². The molecule has 1 aromatic carbocycles. The highest BCUT2D eigenvalue weighted by atomic mass is 19.3. The van der Waals surface area contributed by atoms with Gasteiger partial charge in [-0.3, -0.25) is 9.78 Å². The molecule has 0 aliphatic carbocycles. The number of aromatic amines is 1. The van der Waals surface area contributed by atoms with Gasteiger partial charge in [0.1, 0.15) is 11.1 Å². The fourth-order valence-electron chi connectivity index (χ4n) is 2.89. The Balaban J connectivity index is 2.14. The topological polar surface area (TPSA) is 87.0 Å². The van der Waals surface area contributed by atoms with Crippen molar-refractivity contribution < 1.29 is 13.9 Å². The minimum atomic E-state index is -2.92. The predicted molar refractivity (Wildman–Crippen MR) is 98.2 cm³/mol. The van der Waals surface area contributed by atoms with Gasteiger partial charge in [0.2, 0.25) is 5.95 Å². The number of aliphatic hydroxyl groups excluding tert-OH is 1. The Morgan fingerprint density at radius 3 is 2.44 bits per heavy atom. The third kappa shape index (κ3) is 3.42. The fourth-order valence-corrected chi connectivity index (χ4v) is 2.89. The molecule has 0 amide bonds. The standard InChI is InChI=1S/C18H21F2N5O2/c1-10(11-5-7-12(8-6-11)18(2,19)20)25-15-14(13(9-26)23-25)16(27)22-17(21-15)24(3)4/h5-8,10,26H,9H2,1-4H3,(H,21,22,27)/t10-/m0/s1. The van der Waals surface area contributed by atoms with Crippen LogP contribution in [0.5, 0.6) is 0 Å². The van der Waals surface area contributed by atoms with Gasteiger partial charge in [-0.1, -0.05) is 24.3 Å². The molecule has 3 rings (SSSR count). The number of alkyl halides is 2. The zero-order valence-corrected chi connectivity index (χ0v) is 15.5. The molecule has 0 aliphatic rings. The predicted octanol–water partition coefficient (Wildman–Crippen LogP) is 2.40. The summed E-state index contributed by atoms with van der Waals surface area (Å²) in [4.78, 5) is 21.2. The van der Waals surface area contributed by atoms with E-state index in [-0.39, 0.29) is 22.7 Å². The molecule has 7 nitrogen and oxygen atoms in total. The van der Waals surface area contributed by atoms with Gasteiger partial charge in [0.15, 0.2) is 5.65 Å². The minimum absolute atomic E-state index is 0.0794. The maximum absolute atomic E-state index is 13.4. The molecule has 0 fully saturated rings. The number of hydrogen-bond acceptors (Lipinski definition) is 5. The summed E-state index contributed by atoms with van der Waals surface area (Å²) in [7, 11) is 3.48. The molecule has 1 atom stereocenters. The highest BCUT2D eigenvalue weighted by Gasteiger charge is 2.25. The molecule has 0 saturated heterocycles. The van der Waals surface area contributed by atoms with Crippen LogP contribution >= 0.6 is 0 Å². The van der Waals surface area contributed by atoms with Gasteiger partial charge < -0.3 is 10.0 Å². The Hall–Kier alpha value is -2.81. The highest BCUT2D eigenvalue weighted by molar-refractivity contribution is 5.78. The average Bonchev–Trinajstić information content (AvgIpc) is 2.99. The van der Waals surface area contributed by atoms with Gasteiger partial charge in [0.05, 0.1) is 12.6 Å².